The van der Waals surface area contributed by atoms with E-state index in [1.165, 1.54) is 0 Å². The van der Waals surface area contributed by atoms with Crippen molar-refractivity contribution in [3.05, 3.63) is 6.33 Å². The minimum Gasteiger partial charge on any atom is -0.385 e. The highest BCUT2D eigenvalue weighted by Gasteiger charge is 2.11. The molecule has 0 atom stereocenters. The molecule has 0 fully saturated rings. The summed E-state index contributed by atoms with van der Waals surface area (Å²) in [6.45, 7) is 5.67. The van der Waals surface area contributed by atoms with Gasteiger partial charge in [-0.05, 0) is 26.7 Å². The number of aryl methyl sites for hydroxylation is 1. The molecule has 2 aromatic rings. The van der Waals surface area contributed by atoms with E-state index in [1.807, 2.05) is 4.68 Å². The number of unbranched alkanes of at least 4 members (excludes halogenated alkanes) is 1. The summed E-state index contributed by atoms with van der Waals surface area (Å²) in [6, 6.07) is 0.296. The molecule has 7 heteroatoms. The lowest BCUT2D eigenvalue weighted by Gasteiger charge is -2.08. The van der Waals surface area contributed by atoms with Gasteiger partial charge in [0.05, 0.1) is 0 Å². The highest BCUT2D eigenvalue weighted by Crippen LogP contribution is 2.16. The van der Waals surface area contributed by atoms with Crippen molar-refractivity contribution in [1.82, 2.24) is 25.0 Å². The predicted octanol–water partition coefficient (Wildman–Crippen LogP) is 1.47. The van der Waals surface area contributed by atoms with Crippen molar-refractivity contribution in [2.75, 3.05) is 19.0 Å². The van der Waals surface area contributed by atoms with Crippen LogP contribution < -0.4 is 5.32 Å². The third kappa shape index (κ3) is 3.37. The summed E-state index contributed by atoms with van der Waals surface area (Å²) < 4.78 is 6.85. The quantitative estimate of drug-likeness (QED) is 0.763. The molecule has 0 unspecified atom stereocenters. The Kier molecular flexibility index (Phi) is 4.62. The van der Waals surface area contributed by atoms with E-state index in [0.29, 0.717) is 6.04 Å². The molecule has 0 aliphatic rings. The molecule has 0 aliphatic carbocycles. The molecule has 0 aliphatic heterocycles. The van der Waals surface area contributed by atoms with Crippen LogP contribution in [0.5, 0.6) is 0 Å². The molecule has 2 rings (SSSR count). The zero-order valence-corrected chi connectivity index (χ0v) is 11.6. The molecule has 0 spiro atoms. The fourth-order valence-corrected chi connectivity index (χ4v) is 1.83. The topological polar surface area (TPSA) is 77.8 Å². The van der Waals surface area contributed by atoms with Crippen molar-refractivity contribution in [2.45, 2.75) is 39.3 Å². The molecule has 0 bridgehead atoms. The number of anilines is 1. The molecule has 0 saturated heterocycles. The molecular weight excluding hydrogens is 244 g/mol. The summed E-state index contributed by atoms with van der Waals surface area (Å²) in [4.78, 5) is 8.48. The first-order valence-corrected chi connectivity index (χ1v) is 6.52. The first-order chi connectivity index (χ1) is 9.22. The minimum absolute atomic E-state index is 0.296. The summed E-state index contributed by atoms with van der Waals surface area (Å²) in [7, 11) is 1.71. The lowest BCUT2D eigenvalue weighted by atomic mass is 10.3. The number of ether oxygens (including phenoxy) is 1. The fraction of sp³-hybridized carbons (Fsp3) is 0.667. The largest absolute Gasteiger partial charge is 0.385 e. The Morgan fingerprint density at radius 1 is 1.32 bits per heavy atom. The molecule has 7 nitrogen and oxygen atoms in total. The number of fused-ring (bicyclic) bond motifs is 1. The average molecular weight is 264 g/mol. The lowest BCUT2D eigenvalue weighted by molar-refractivity contribution is 0.191. The second-order valence-corrected chi connectivity index (χ2v) is 4.71. The number of nitrogens with one attached hydrogen (secondary N) is 1. The van der Waals surface area contributed by atoms with Crippen LogP contribution in [0, 0.1) is 0 Å². The van der Waals surface area contributed by atoms with Crippen LogP contribution in [0.2, 0.25) is 0 Å². The first-order valence-electron chi connectivity index (χ1n) is 6.52. The Hall–Kier alpha value is -1.76. The number of hydrogen-bond donors (Lipinski definition) is 1. The minimum atomic E-state index is 0.296. The molecular formula is C12H20N6O. The van der Waals surface area contributed by atoms with E-state index in [-0.39, 0.29) is 0 Å². The predicted molar refractivity (Wildman–Crippen MR) is 73.0 cm³/mol. The third-order valence-corrected chi connectivity index (χ3v) is 2.69. The van der Waals surface area contributed by atoms with Gasteiger partial charge in [0.25, 0.3) is 0 Å². The summed E-state index contributed by atoms with van der Waals surface area (Å²) in [5.41, 5.74) is 1.50. The van der Waals surface area contributed by atoms with Crippen molar-refractivity contribution in [1.29, 1.82) is 0 Å². The zero-order chi connectivity index (χ0) is 13.7. The molecule has 19 heavy (non-hydrogen) atoms. The number of rotatable bonds is 7. The van der Waals surface area contributed by atoms with Crippen LogP contribution in [0.1, 0.15) is 26.7 Å². The van der Waals surface area contributed by atoms with Gasteiger partial charge < -0.3 is 10.1 Å². The number of hydrogen-bond acceptors (Lipinski definition) is 6. The van der Waals surface area contributed by atoms with E-state index >= 15 is 0 Å². The zero-order valence-electron chi connectivity index (χ0n) is 11.6. The van der Waals surface area contributed by atoms with Crippen molar-refractivity contribution >= 4 is 17.0 Å². The maximum atomic E-state index is 5.03. The average Bonchev–Trinajstić information content (AvgIpc) is 2.79. The number of nitrogens with zero attached hydrogens (tertiary/aromatic N) is 5. The van der Waals surface area contributed by atoms with Gasteiger partial charge in [-0.2, -0.15) is 0 Å². The first kappa shape index (κ1) is 13.7. The Morgan fingerprint density at radius 2 is 2.16 bits per heavy atom. The highest BCUT2D eigenvalue weighted by atomic mass is 16.5. The molecule has 0 saturated carbocycles. The Morgan fingerprint density at radius 3 is 2.89 bits per heavy atom. The van der Waals surface area contributed by atoms with Crippen LogP contribution in [0.4, 0.5) is 5.82 Å². The van der Waals surface area contributed by atoms with E-state index in [4.69, 9.17) is 4.74 Å². The molecule has 1 N–H and O–H groups in total. The fourth-order valence-electron chi connectivity index (χ4n) is 1.83. The van der Waals surface area contributed by atoms with Crippen LogP contribution in [0.15, 0.2) is 6.33 Å². The molecule has 2 heterocycles. The summed E-state index contributed by atoms with van der Waals surface area (Å²) in [6.07, 6.45) is 3.53. The van der Waals surface area contributed by atoms with Crippen molar-refractivity contribution in [2.24, 2.45) is 0 Å². The molecule has 2 aromatic heterocycles. The van der Waals surface area contributed by atoms with E-state index in [9.17, 15) is 0 Å². The lowest BCUT2D eigenvalue weighted by Crippen LogP contribution is -2.11. The van der Waals surface area contributed by atoms with Crippen LogP contribution in [0.3, 0.4) is 0 Å². The maximum Gasteiger partial charge on any atom is 0.183 e. The van der Waals surface area contributed by atoms with E-state index < -0.39 is 0 Å². The van der Waals surface area contributed by atoms with Gasteiger partial charge in [0.1, 0.15) is 6.33 Å². The van der Waals surface area contributed by atoms with E-state index in [1.54, 1.807) is 13.4 Å². The smallest absolute Gasteiger partial charge is 0.183 e. The van der Waals surface area contributed by atoms with Crippen molar-refractivity contribution in [3.8, 4) is 0 Å². The van der Waals surface area contributed by atoms with Gasteiger partial charge in [0, 0.05) is 26.3 Å². The van der Waals surface area contributed by atoms with E-state index in [0.717, 1.165) is 43.0 Å². The van der Waals surface area contributed by atoms with Crippen molar-refractivity contribution in [3.63, 3.8) is 0 Å². The van der Waals surface area contributed by atoms with Crippen LogP contribution in [0.25, 0.3) is 11.2 Å². The molecule has 0 aromatic carbocycles. The second-order valence-electron chi connectivity index (χ2n) is 4.71. The van der Waals surface area contributed by atoms with Crippen LogP contribution in [-0.2, 0) is 11.3 Å². The van der Waals surface area contributed by atoms with Crippen molar-refractivity contribution < 1.29 is 4.74 Å². The van der Waals surface area contributed by atoms with Crippen LogP contribution >= 0.6 is 0 Å². The van der Waals surface area contributed by atoms with Gasteiger partial charge in [0.15, 0.2) is 17.0 Å². The molecule has 0 amide bonds. The van der Waals surface area contributed by atoms with Gasteiger partial charge in [-0.3, -0.25) is 0 Å². The molecule has 0 radical (unpaired) electrons. The van der Waals surface area contributed by atoms with Gasteiger partial charge in [-0.15, -0.1) is 5.10 Å². The second kappa shape index (κ2) is 6.42. The monoisotopic (exact) mass is 264 g/mol. The Labute approximate surface area is 112 Å². The van der Waals surface area contributed by atoms with E-state index in [2.05, 4.69) is 39.4 Å². The van der Waals surface area contributed by atoms with Gasteiger partial charge in [0.2, 0.25) is 0 Å². The normalized spacial score (nSPS) is 11.4. The van der Waals surface area contributed by atoms with Gasteiger partial charge in [-0.1, -0.05) is 5.21 Å². The summed E-state index contributed by atoms with van der Waals surface area (Å²) in [5.74, 6) is 0.739. The maximum absolute atomic E-state index is 5.03. The highest BCUT2D eigenvalue weighted by molar-refractivity contribution is 5.81. The summed E-state index contributed by atoms with van der Waals surface area (Å²) >= 11 is 0. The van der Waals surface area contributed by atoms with Gasteiger partial charge >= 0.3 is 0 Å². The Balaban J connectivity index is 2.14. The SMILES string of the molecule is COCCCCn1nnc2c(NC(C)C)ncnc21. The van der Waals surface area contributed by atoms with Crippen LogP contribution in [-0.4, -0.2) is 44.7 Å². The number of aromatic nitrogens is 5. The summed E-state index contributed by atoms with van der Waals surface area (Å²) in [5, 5.41) is 11.6. The number of methoxy groups -OCH3 is 1. The van der Waals surface area contributed by atoms with Gasteiger partial charge in [-0.25, -0.2) is 14.6 Å². The molecule has 104 valence electrons. The standard InChI is InChI=1S/C12H20N6O/c1-9(2)15-11-10-12(14-8-13-11)18(17-16-10)6-4-5-7-19-3/h8-9H,4-7H2,1-3H3,(H,13,14,15). The third-order valence-electron chi connectivity index (χ3n) is 2.69. The Bertz CT molecular complexity index is 524.